The van der Waals surface area contributed by atoms with Crippen molar-refractivity contribution >= 4 is 30.3 Å². The highest BCUT2D eigenvalue weighted by Crippen LogP contribution is 2.42. The minimum atomic E-state index is -4.42. The minimum Gasteiger partial charge on any atom is -0.492 e. The summed E-state index contributed by atoms with van der Waals surface area (Å²) in [6, 6.07) is 34.8. The first-order valence-corrected chi connectivity index (χ1v) is 20.6. The zero-order chi connectivity index (χ0) is 37.0. The Morgan fingerprint density at radius 2 is 1.21 bits per heavy atom. The summed E-state index contributed by atoms with van der Waals surface area (Å²) in [6.45, 7) is 6.75. The maximum absolute atomic E-state index is 14.0. The van der Waals surface area contributed by atoms with Gasteiger partial charge in [-0.25, -0.2) is 8.42 Å². The molecule has 5 aromatic carbocycles. The van der Waals surface area contributed by atoms with Crippen LogP contribution < -0.4 is 13.1 Å². The summed E-state index contributed by atoms with van der Waals surface area (Å²) < 4.78 is 99.1. The Morgan fingerprint density at radius 1 is 0.692 bits per heavy atom. The second-order valence-electron chi connectivity index (χ2n) is 12.7. The lowest BCUT2D eigenvalue weighted by Crippen LogP contribution is -2.36. The van der Waals surface area contributed by atoms with Gasteiger partial charge in [0.2, 0.25) is 10.0 Å². The van der Waals surface area contributed by atoms with E-state index in [0.29, 0.717) is 24.2 Å². The smallest absolute Gasteiger partial charge is 0.339 e. The number of hydrogen-bond donors (Lipinski definition) is 0. The molecule has 0 radical (unpaired) electrons. The number of nitrogens with zero attached hydrogens (tertiary/aromatic N) is 1. The molecule has 0 saturated heterocycles. The van der Waals surface area contributed by atoms with Gasteiger partial charge in [-0.3, -0.25) is 0 Å². The van der Waals surface area contributed by atoms with E-state index in [2.05, 4.69) is 13.5 Å². The molecule has 0 saturated carbocycles. The van der Waals surface area contributed by atoms with E-state index >= 15 is 0 Å². The Kier molecular flexibility index (Phi) is 10.6. The predicted octanol–water partition coefficient (Wildman–Crippen LogP) is 6.75. The quantitative estimate of drug-likeness (QED) is 0.0840. The van der Waals surface area contributed by atoms with Crippen LogP contribution in [-0.4, -0.2) is 49.3 Å². The van der Waals surface area contributed by atoms with Crippen molar-refractivity contribution in [1.29, 1.82) is 0 Å². The van der Waals surface area contributed by atoms with E-state index in [9.17, 15) is 25.3 Å². The normalized spacial score (nSPS) is 15.8. The van der Waals surface area contributed by atoms with Crippen LogP contribution in [0.3, 0.4) is 0 Å². The van der Waals surface area contributed by atoms with Gasteiger partial charge in [0.05, 0.1) is 11.5 Å². The van der Waals surface area contributed by atoms with E-state index in [1.54, 1.807) is 30.3 Å². The SMILES string of the molecule is C=C(CN(CCc1ccc(OS(=O)(=O)c2ccccc2)c(OS(=O)(=O)c2ccccc2)c1)S(=O)(=O)c1ccccc1)CC1(C)COc2ccccc21. The molecule has 1 aliphatic heterocycles. The van der Waals surface area contributed by atoms with E-state index in [1.807, 2.05) is 24.3 Å². The van der Waals surface area contributed by atoms with Crippen LogP contribution in [0.5, 0.6) is 17.2 Å². The molecule has 1 aliphatic rings. The molecule has 13 heteroatoms. The Balaban J connectivity index is 1.29. The van der Waals surface area contributed by atoms with Crippen LogP contribution in [0.2, 0.25) is 0 Å². The third-order valence-electron chi connectivity index (χ3n) is 8.63. The molecule has 0 aromatic heterocycles. The molecule has 0 N–H and O–H groups in total. The molecule has 1 atom stereocenters. The van der Waals surface area contributed by atoms with Gasteiger partial charge in [0, 0.05) is 24.1 Å². The van der Waals surface area contributed by atoms with Gasteiger partial charge in [-0.1, -0.05) is 97.9 Å². The molecule has 1 unspecified atom stereocenters. The van der Waals surface area contributed by atoms with Gasteiger partial charge in [0.25, 0.3) is 0 Å². The van der Waals surface area contributed by atoms with Crippen molar-refractivity contribution in [2.75, 3.05) is 19.7 Å². The van der Waals surface area contributed by atoms with Crippen LogP contribution in [0.4, 0.5) is 0 Å². The highest BCUT2D eigenvalue weighted by molar-refractivity contribution is 7.89. The van der Waals surface area contributed by atoms with Crippen molar-refractivity contribution in [2.45, 2.75) is 39.9 Å². The third kappa shape index (κ3) is 8.23. The fourth-order valence-electron chi connectivity index (χ4n) is 6.04. The van der Waals surface area contributed by atoms with Crippen molar-refractivity contribution in [3.05, 3.63) is 157 Å². The standard InChI is InChI=1S/C39H37NO9S3/c1-30(27-39(2)29-47-36-21-13-12-20-35(36)39)28-40(50(41,42)32-14-6-3-7-15-32)25-24-31-22-23-37(48-51(43,44)33-16-8-4-9-17-33)38(26-31)49-52(45,46)34-18-10-5-11-19-34/h3-23,26H,1,24-25,27-29H2,2H3. The van der Waals surface area contributed by atoms with Crippen molar-refractivity contribution in [2.24, 2.45) is 0 Å². The molecule has 0 amide bonds. The average molecular weight is 760 g/mol. The van der Waals surface area contributed by atoms with E-state index < -0.39 is 35.7 Å². The topological polar surface area (TPSA) is 133 Å². The summed E-state index contributed by atoms with van der Waals surface area (Å²) >= 11 is 0. The molecule has 0 spiro atoms. The van der Waals surface area contributed by atoms with Gasteiger partial charge in [0.15, 0.2) is 11.5 Å². The number of sulfonamides is 1. The van der Waals surface area contributed by atoms with Gasteiger partial charge >= 0.3 is 20.2 Å². The van der Waals surface area contributed by atoms with Crippen molar-refractivity contribution in [1.82, 2.24) is 4.31 Å². The van der Waals surface area contributed by atoms with E-state index in [1.165, 1.54) is 83.2 Å². The van der Waals surface area contributed by atoms with Crippen molar-refractivity contribution < 1.29 is 38.4 Å². The first kappa shape index (κ1) is 36.8. The van der Waals surface area contributed by atoms with Gasteiger partial charge in [-0.15, -0.1) is 0 Å². The number of benzene rings is 5. The van der Waals surface area contributed by atoms with Gasteiger partial charge in [-0.2, -0.15) is 21.1 Å². The maximum Gasteiger partial charge on any atom is 0.339 e. The van der Waals surface area contributed by atoms with E-state index in [-0.39, 0.29) is 45.7 Å². The molecular formula is C39H37NO9S3. The highest BCUT2D eigenvalue weighted by Gasteiger charge is 2.37. The number of para-hydroxylation sites is 1. The van der Waals surface area contributed by atoms with Gasteiger partial charge < -0.3 is 13.1 Å². The molecule has 5 aromatic rings. The molecule has 0 fully saturated rings. The number of hydrogen-bond acceptors (Lipinski definition) is 9. The minimum absolute atomic E-state index is 0.0112. The summed E-state index contributed by atoms with van der Waals surface area (Å²) in [4.78, 5) is -0.184. The molecule has 10 nitrogen and oxygen atoms in total. The van der Waals surface area contributed by atoms with Gasteiger partial charge in [-0.05, 0) is 73.0 Å². The van der Waals surface area contributed by atoms with Crippen molar-refractivity contribution in [3.63, 3.8) is 0 Å². The first-order valence-electron chi connectivity index (χ1n) is 16.3. The van der Waals surface area contributed by atoms with Crippen LogP contribution >= 0.6 is 0 Å². The maximum atomic E-state index is 14.0. The average Bonchev–Trinajstić information content (AvgIpc) is 3.47. The Hall–Kier alpha value is -4.95. The Bertz CT molecular complexity index is 2390. The fraction of sp³-hybridized carbons (Fsp3) is 0.179. The summed E-state index contributed by atoms with van der Waals surface area (Å²) in [5.41, 5.74) is 1.77. The first-order chi connectivity index (χ1) is 24.8. The lowest BCUT2D eigenvalue weighted by Gasteiger charge is -2.28. The zero-order valence-corrected chi connectivity index (χ0v) is 30.7. The molecular weight excluding hydrogens is 723 g/mol. The summed E-state index contributed by atoms with van der Waals surface area (Å²) in [5.74, 6) is 0.0555. The second-order valence-corrected chi connectivity index (χ2v) is 17.7. The molecule has 0 aliphatic carbocycles. The fourth-order valence-corrected chi connectivity index (χ4v) is 9.44. The second kappa shape index (κ2) is 15.0. The monoisotopic (exact) mass is 759 g/mol. The largest absolute Gasteiger partial charge is 0.492 e. The van der Waals surface area contributed by atoms with Crippen LogP contribution in [0.1, 0.15) is 24.5 Å². The molecule has 6 rings (SSSR count). The summed E-state index contributed by atoms with van der Waals surface area (Å²) in [5, 5.41) is 0. The van der Waals surface area contributed by atoms with Crippen LogP contribution in [-0.2, 0) is 42.1 Å². The summed E-state index contributed by atoms with van der Waals surface area (Å²) in [7, 11) is -12.8. The van der Waals surface area contributed by atoms with E-state index in [0.717, 1.165) is 11.3 Å². The Labute approximate surface area is 305 Å². The number of fused-ring (bicyclic) bond motifs is 1. The lowest BCUT2D eigenvalue weighted by atomic mass is 9.79. The zero-order valence-electron chi connectivity index (χ0n) is 28.3. The molecule has 52 heavy (non-hydrogen) atoms. The molecule has 1 heterocycles. The van der Waals surface area contributed by atoms with Gasteiger partial charge in [0.1, 0.15) is 15.5 Å². The molecule has 270 valence electrons. The third-order valence-corrected chi connectivity index (χ3v) is 13.0. The van der Waals surface area contributed by atoms with Crippen molar-refractivity contribution in [3.8, 4) is 17.2 Å². The lowest BCUT2D eigenvalue weighted by molar-refractivity contribution is 0.274. The molecule has 0 bridgehead atoms. The number of ether oxygens (including phenoxy) is 1. The Morgan fingerprint density at radius 3 is 1.81 bits per heavy atom. The van der Waals surface area contributed by atoms with Crippen LogP contribution in [0.15, 0.2) is 160 Å². The predicted molar refractivity (Wildman–Crippen MR) is 197 cm³/mol. The number of rotatable bonds is 15. The highest BCUT2D eigenvalue weighted by atomic mass is 32.2. The van der Waals surface area contributed by atoms with E-state index in [4.69, 9.17) is 13.1 Å². The van der Waals surface area contributed by atoms with Crippen LogP contribution in [0.25, 0.3) is 0 Å². The summed E-state index contributed by atoms with van der Waals surface area (Å²) in [6.07, 6.45) is 0.581. The van der Waals surface area contributed by atoms with Crippen LogP contribution in [0, 0.1) is 0 Å².